The van der Waals surface area contributed by atoms with Gasteiger partial charge in [0.15, 0.2) is 5.82 Å². The fourth-order valence-corrected chi connectivity index (χ4v) is 6.51. The van der Waals surface area contributed by atoms with Gasteiger partial charge in [-0.25, -0.2) is 22.5 Å². The van der Waals surface area contributed by atoms with E-state index in [1.807, 2.05) is 7.05 Å². The van der Waals surface area contributed by atoms with Crippen LogP contribution in [0.4, 0.5) is 17.6 Å². The Morgan fingerprint density at radius 2 is 1.73 bits per heavy atom. The van der Waals surface area contributed by atoms with Gasteiger partial charge in [0.25, 0.3) is 5.91 Å². The van der Waals surface area contributed by atoms with Crippen molar-refractivity contribution in [3.05, 3.63) is 118 Å². The molecule has 7 rings (SSSR count). The van der Waals surface area contributed by atoms with Gasteiger partial charge < -0.3 is 19.9 Å². The zero-order chi connectivity index (χ0) is 30.7. The number of halogens is 4. The van der Waals surface area contributed by atoms with Crippen molar-refractivity contribution >= 4 is 16.9 Å². The minimum Gasteiger partial charge on any atom is -0.508 e. The van der Waals surface area contributed by atoms with Gasteiger partial charge in [-0.1, -0.05) is 37.8 Å². The van der Waals surface area contributed by atoms with Gasteiger partial charge in [0.1, 0.15) is 40.6 Å². The summed E-state index contributed by atoms with van der Waals surface area (Å²) >= 11 is 0. The molecule has 1 atom stereocenters. The Balaban J connectivity index is 0.00000357. The molecule has 1 amide bonds. The number of rotatable bonds is 5. The number of H-pyrrole nitrogens is 1. The number of carbonyl (C=O) groups excluding carboxylic acids is 1. The predicted octanol–water partition coefficient (Wildman–Crippen LogP) is 7.68. The summed E-state index contributed by atoms with van der Waals surface area (Å²) in [5.74, 6) is -3.38. The number of aromatic amines is 1. The molecule has 0 aliphatic carbocycles. The summed E-state index contributed by atoms with van der Waals surface area (Å²) in [6.45, 7) is 1.66. The molecular formula is C35H32F4N4O2. The first-order valence-electron chi connectivity index (χ1n) is 14.4. The smallest absolute Gasteiger partial charge is 0.258 e. The number of fused-ring (bicyclic) bond motifs is 2. The molecule has 2 aliphatic heterocycles. The maximum absolute atomic E-state index is 16.2. The minimum absolute atomic E-state index is 0. The molecule has 232 valence electrons. The highest BCUT2D eigenvalue weighted by Gasteiger charge is 2.40. The van der Waals surface area contributed by atoms with Crippen molar-refractivity contribution in [3.63, 3.8) is 0 Å². The zero-order valence-corrected chi connectivity index (χ0v) is 23.8. The summed E-state index contributed by atoms with van der Waals surface area (Å²) in [5.41, 5.74) is 1.48. The number of hydrogen-bond donors (Lipinski definition) is 2. The highest BCUT2D eigenvalue weighted by Crippen LogP contribution is 2.42. The maximum Gasteiger partial charge on any atom is 0.258 e. The Kier molecular flexibility index (Phi) is 7.86. The second kappa shape index (κ2) is 11.7. The number of likely N-dealkylation sites (tertiary alicyclic amines) is 1. The molecule has 10 heteroatoms. The highest BCUT2D eigenvalue weighted by molar-refractivity contribution is 6.00. The average molecular weight is 617 g/mol. The summed E-state index contributed by atoms with van der Waals surface area (Å²) < 4.78 is 60.5. The largest absolute Gasteiger partial charge is 0.508 e. The number of piperidine rings is 1. The van der Waals surface area contributed by atoms with Gasteiger partial charge in [0.2, 0.25) is 0 Å². The van der Waals surface area contributed by atoms with Crippen LogP contribution in [0, 0.1) is 23.3 Å². The van der Waals surface area contributed by atoms with Crippen LogP contribution >= 0.6 is 0 Å². The second-order valence-corrected chi connectivity index (χ2v) is 11.6. The number of benzene rings is 4. The Morgan fingerprint density at radius 3 is 2.47 bits per heavy atom. The summed E-state index contributed by atoms with van der Waals surface area (Å²) in [5, 5.41) is 10.7. The van der Waals surface area contributed by atoms with E-state index in [9.17, 15) is 18.7 Å². The van der Waals surface area contributed by atoms with Crippen LogP contribution in [0.25, 0.3) is 22.2 Å². The molecule has 2 N–H and O–H groups in total. The SMILES string of the molecule is C.CN1CCC(c2ccc(-c3ccc4c(c3F)C(=O)N(C(c3nc5c(F)cccc5[nH]3)c3cc(F)ccc3O)C4)cc2F)CC1. The molecule has 1 saturated heterocycles. The van der Waals surface area contributed by atoms with Gasteiger partial charge in [0.05, 0.1) is 11.1 Å². The maximum atomic E-state index is 16.2. The molecule has 0 spiro atoms. The van der Waals surface area contributed by atoms with E-state index in [0.29, 0.717) is 22.2 Å². The number of imidazole rings is 1. The van der Waals surface area contributed by atoms with Crippen molar-refractivity contribution in [3.8, 4) is 16.9 Å². The number of phenols is 1. The number of amides is 1. The molecule has 0 saturated carbocycles. The Morgan fingerprint density at radius 1 is 0.956 bits per heavy atom. The molecule has 0 radical (unpaired) electrons. The van der Waals surface area contributed by atoms with Crippen LogP contribution in [0.15, 0.2) is 66.7 Å². The fraction of sp³-hybridized carbons (Fsp3) is 0.257. The average Bonchev–Trinajstić information content (AvgIpc) is 3.58. The van der Waals surface area contributed by atoms with Crippen LogP contribution in [0.3, 0.4) is 0 Å². The molecule has 1 aromatic heterocycles. The summed E-state index contributed by atoms with van der Waals surface area (Å²) in [6.07, 6.45) is 1.68. The van der Waals surface area contributed by atoms with Crippen molar-refractivity contribution < 1.29 is 27.5 Å². The fourth-order valence-electron chi connectivity index (χ4n) is 6.51. The van der Waals surface area contributed by atoms with E-state index in [2.05, 4.69) is 14.9 Å². The quantitative estimate of drug-likeness (QED) is 0.199. The first kappa shape index (κ1) is 30.3. The van der Waals surface area contributed by atoms with E-state index in [1.54, 1.807) is 24.3 Å². The number of para-hydroxylation sites is 1. The molecule has 4 aromatic carbocycles. The first-order valence-corrected chi connectivity index (χ1v) is 14.4. The standard InChI is InChI=1S/C34H28F4N4O2.CH4/c1-41-13-11-18(12-14-41)22-8-5-19(15-26(22)37)23-9-6-20-17-42(34(44)29(20)30(23)38)32(24-16-21(35)7-10-28(24)43)33-39-27-4-2-3-25(36)31(27)40-33;/h2-10,15-16,18,32,43H,11-14,17H2,1H3,(H,39,40);1H4. The van der Waals surface area contributed by atoms with Gasteiger partial charge in [-0.3, -0.25) is 4.79 Å². The van der Waals surface area contributed by atoms with Crippen LogP contribution in [-0.4, -0.2) is 50.9 Å². The lowest BCUT2D eigenvalue weighted by atomic mass is 9.88. The zero-order valence-electron chi connectivity index (χ0n) is 23.8. The third-order valence-corrected chi connectivity index (χ3v) is 8.85. The van der Waals surface area contributed by atoms with E-state index in [1.165, 1.54) is 29.2 Å². The normalized spacial score (nSPS) is 16.2. The van der Waals surface area contributed by atoms with Crippen LogP contribution in [0.1, 0.15) is 65.1 Å². The summed E-state index contributed by atoms with van der Waals surface area (Å²) in [4.78, 5) is 24.7. The van der Waals surface area contributed by atoms with Gasteiger partial charge in [-0.15, -0.1) is 0 Å². The lowest BCUT2D eigenvalue weighted by molar-refractivity contribution is 0.0720. The van der Waals surface area contributed by atoms with Crippen molar-refractivity contribution in [2.24, 2.45) is 0 Å². The lowest BCUT2D eigenvalue weighted by Gasteiger charge is -2.29. The van der Waals surface area contributed by atoms with Gasteiger partial charge in [-0.2, -0.15) is 0 Å². The minimum atomic E-state index is -1.20. The monoisotopic (exact) mass is 616 g/mol. The summed E-state index contributed by atoms with van der Waals surface area (Å²) in [6, 6.07) is 14.2. The molecule has 3 heterocycles. The number of nitrogens with zero attached hydrogens (tertiary/aromatic N) is 3. The topological polar surface area (TPSA) is 72.5 Å². The van der Waals surface area contributed by atoms with Gasteiger partial charge >= 0.3 is 0 Å². The number of carbonyl (C=O) groups is 1. The molecule has 1 unspecified atom stereocenters. The van der Waals surface area contributed by atoms with Crippen molar-refractivity contribution in [1.82, 2.24) is 19.8 Å². The van der Waals surface area contributed by atoms with E-state index < -0.39 is 35.2 Å². The highest BCUT2D eigenvalue weighted by atomic mass is 19.1. The van der Waals surface area contributed by atoms with Crippen molar-refractivity contribution in [2.75, 3.05) is 20.1 Å². The molecule has 45 heavy (non-hydrogen) atoms. The van der Waals surface area contributed by atoms with Crippen molar-refractivity contribution in [1.29, 1.82) is 0 Å². The number of phenolic OH excluding ortho intramolecular Hbond substituents is 1. The number of aromatic nitrogens is 2. The molecule has 0 bridgehead atoms. The van der Waals surface area contributed by atoms with Gasteiger partial charge in [-0.05, 0) is 92.0 Å². The number of nitrogens with one attached hydrogen (secondary N) is 1. The van der Waals surface area contributed by atoms with E-state index in [-0.39, 0.29) is 53.7 Å². The first-order chi connectivity index (χ1) is 21.2. The third-order valence-electron chi connectivity index (χ3n) is 8.85. The second-order valence-electron chi connectivity index (χ2n) is 11.6. The number of aromatic hydroxyl groups is 1. The Labute approximate surface area is 257 Å². The van der Waals surface area contributed by atoms with E-state index in [4.69, 9.17) is 0 Å². The number of hydrogen-bond acceptors (Lipinski definition) is 4. The lowest BCUT2D eigenvalue weighted by Crippen LogP contribution is -2.31. The van der Waals surface area contributed by atoms with Crippen LogP contribution in [0.5, 0.6) is 5.75 Å². The van der Waals surface area contributed by atoms with E-state index >= 15 is 8.78 Å². The molecule has 2 aliphatic rings. The predicted molar refractivity (Wildman–Crippen MR) is 164 cm³/mol. The Hall–Kier alpha value is -4.70. The van der Waals surface area contributed by atoms with Gasteiger partial charge in [0, 0.05) is 17.7 Å². The van der Waals surface area contributed by atoms with Crippen molar-refractivity contribution in [2.45, 2.75) is 38.8 Å². The van der Waals surface area contributed by atoms with Crippen LogP contribution in [0.2, 0.25) is 0 Å². The molecular weight excluding hydrogens is 584 g/mol. The third kappa shape index (κ3) is 5.22. The molecule has 1 fully saturated rings. The molecule has 5 aromatic rings. The molecule has 6 nitrogen and oxygen atoms in total. The van der Waals surface area contributed by atoms with Crippen LogP contribution in [-0.2, 0) is 6.54 Å². The van der Waals surface area contributed by atoms with E-state index in [0.717, 1.165) is 44.1 Å². The Bertz CT molecular complexity index is 1930. The van der Waals surface area contributed by atoms with Crippen LogP contribution < -0.4 is 0 Å². The summed E-state index contributed by atoms with van der Waals surface area (Å²) in [7, 11) is 2.04.